The first-order valence-corrected chi connectivity index (χ1v) is 5.69. The molecule has 0 saturated carbocycles. The van der Waals surface area contributed by atoms with Gasteiger partial charge in [-0.15, -0.1) is 0 Å². The summed E-state index contributed by atoms with van der Waals surface area (Å²) in [6.45, 7) is 1.89. The maximum Gasteiger partial charge on any atom is 0.189 e. The van der Waals surface area contributed by atoms with Gasteiger partial charge in [-0.05, 0) is 30.2 Å². The Labute approximate surface area is 106 Å². The Morgan fingerprint density at radius 3 is 2.56 bits per heavy atom. The van der Waals surface area contributed by atoms with E-state index in [4.69, 9.17) is 16.6 Å². The molecule has 1 rings (SSSR count). The number of carbonyl (C=O) groups excluding carboxylic acids is 1. The number of nitrogens with two attached hydrogens (primary N) is 2. The lowest BCUT2D eigenvalue weighted by Crippen LogP contribution is -2.55. The quantitative estimate of drug-likeness (QED) is 0.355. The highest BCUT2D eigenvalue weighted by Crippen LogP contribution is 2.25. The van der Waals surface area contributed by atoms with Gasteiger partial charge in [0.1, 0.15) is 5.66 Å². The van der Waals surface area contributed by atoms with Crippen LogP contribution in [-0.4, -0.2) is 21.7 Å². The molecule has 0 saturated heterocycles. The number of hydrogen-bond donors (Lipinski definition) is 4. The van der Waals surface area contributed by atoms with Crippen LogP contribution in [0.5, 0.6) is 11.5 Å². The van der Waals surface area contributed by atoms with E-state index in [-0.39, 0.29) is 17.3 Å². The molecule has 0 aliphatic carbocycles. The largest absolute Gasteiger partial charge is 0.504 e. The molecule has 0 fully saturated rings. The Bertz CT molecular complexity index is 467. The van der Waals surface area contributed by atoms with Crippen molar-refractivity contribution >= 4 is 11.9 Å². The molecule has 0 unspecified atom stereocenters. The van der Waals surface area contributed by atoms with Crippen molar-refractivity contribution in [3.05, 3.63) is 29.8 Å². The topological polar surface area (TPSA) is 110 Å². The van der Waals surface area contributed by atoms with Crippen LogP contribution < -0.4 is 11.5 Å². The summed E-state index contributed by atoms with van der Waals surface area (Å²) in [6, 6.07) is 4.24. The molecule has 1 aromatic carbocycles. The van der Waals surface area contributed by atoms with Gasteiger partial charge in [0, 0.05) is 0 Å². The summed E-state index contributed by atoms with van der Waals surface area (Å²) in [5, 5.41) is 18.4. The maximum atomic E-state index is 11.7. The summed E-state index contributed by atoms with van der Waals surface area (Å²) >= 11 is 0. The van der Waals surface area contributed by atoms with Crippen LogP contribution in [0.15, 0.2) is 24.3 Å². The van der Waals surface area contributed by atoms with Gasteiger partial charge in [0.15, 0.2) is 17.3 Å². The second kappa shape index (κ2) is 5.66. The summed E-state index contributed by atoms with van der Waals surface area (Å²) in [7, 11) is 0. The van der Waals surface area contributed by atoms with Crippen LogP contribution in [0.4, 0.5) is 0 Å². The normalized spacial score (nSPS) is 11.9. The number of hydrogen-bond acceptors (Lipinski definition) is 5. The molecule has 0 atom stereocenters. The predicted octanol–water partition coefficient (Wildman–Crippen LogP) is 1.09. The third-order valence-corrected chi connectivity index (χ3v) is 2.55. The van der Waals surface area contributed by atoms with Gasteiger partial charge >= 0.3 is 0 Å². The molecule has 0 amide bonds. The minimum absolute atomic E-state index is 0.212. The minimum atomic E-state index is -1.36. The van der Waals surface area contributed by atoms with Crippen LogP contribution >= 0.6 is 0 Å². The molecule has 5 nitrogen and oxygen atoms in total. The van der Waals surface area contributed by atoms with E-state index in [2.05, 4.69) is 0 Å². The van der Waals surface area contributed by atoms with Crippen LogP contribution in [0.25, 0.3) is 6.08 Å². The van der Waals surface area contributed by atoms with E-state index in [9.17, 15) is 9.90 Å². The summed E-state index contributed by atoms with van der Waals surface area (Å²) in [5.41, 5.74) is 10.6. The summed E-state index contributed by atoms with van der Waals surface area (Å²) in [5.74, 6) is -0.835. The average Bonchev–Trinajstić information content (AvgIpc) is 2.30. The molecule has 18 heavy (non-hydrogen) atoms. The Morgan fingerprint density at radius 1 is 1.33 bits per heavy atom. The first kappa shape index (κ1) is 14.2. The highest BCUT2D eigenvalue weighted by Gasteiger charge is 2.25. The second-order valence-electron chi connectivity index (χ2n) is 4.24. The number of ketones is 1. The van der Waals surface area contributed by atoms with Gasteiger partial charge < -0.3 is 21.7 Å². The maximum absolute atomic E-state index is 11.7. The van der Waals surface area contributed by atoms with E-state index < -0.39 is 5.66 Å². The average molecular weight is 250 g/mol. The molecule has 0 aromatic heterocycles. The van der Waals surface area contributed by atoms with Crippen molar-refractivity contribution in [2.75, 3.05) is 0 Å². The lowest BCUT2D eigenvalue weighted by atomic mass is 10.00. The van der Waals surface area contributed by atoms with Crippen molar-refractivity contribution in [1.29, 1.82) is 0 Å². The van der Waals surface area contributed by atoms with Crippen molar-refractivity contribution < 1.29 is 15.0 Å². The zero-order valence-corrected chi connectivity index (χ0v) is 10.3. The lowest BCUT2D eigenvalue weighted by Gasteiger charge is -2.19. The Hall–Kier alpha value is -1.85. The van der Waals surface area contributed by atoms with Gasteiger partial charge in [0.05, 0.1) is 0 Å². The van der Waals surface area contributed by atoms with E-state index in [0.29, 0.717) is 18.4 Å². The fraction of sp³-hybridized carbons (Fsp3) is 0.308. The van der Waals surface area contributed by atoms with Crippen LogP contribution in [-0.2, 0) is 4.79 Å². The highest BCUT2D eigenvalue weighted by atomic mass is 16.3. The third kappa shape index (κ3) is 3.58. The van der Waals surface area contributed by atoms with E-state index in [0.717, 1.165) is 0 Å². The van der Waals surface area contributed by atoms with Crippen LogP contribution in [0, 0.1) is 0 Å². The van der Waals surface area contributed by atoms with Gasteiger partial charge in [0.2, 0.25) is 0 Å². The molecular formula is C13H18N2O3. The molecule has 0 spiro atoms. The zero-order chi connectivity index (χ0) is 13.8. The number of benzene rings is 1. The van der Waals surface area contributed by atoms with Gasteiger partial charge in [-0.1, -0.05) is 25.5 Å². The number of phenols is 2. The molecule has 0 bridgehead atoms. The minimum Gasteiger partial charge on any atom is -0.504 e. The van der Waals surface area contributed by atoms with Crippen molar-refractivity contribution in [1.82, 2.24) is 0 Å². The third-order valence-electron chi connectivity index (χ3n) is 2.55. The molecule has 0 aliphatic heterocycles. The van der Waals surface area contributed by atoms with E-state index in [1.165, 1.54) is 24.3 Å². The molecular weight excluding hydrogens is 232 g/mol. The van der Waals surface area contributed by atoms with Crippen LogP contribution in [0.3, 0.4) is 0 Å². The first-order valence-electron chi connectivity index (χ1n) is 5.69. The highest BCUT2D eigenvalue weighted by molar-refractivity contribution is 6.00. The number of aromatic hydroxyl groups is 2. The molecule has 5 heteroatoms. The van der Waals surface area contributed by atoms with E-state index >= 15 is 0 Å². The van der Waals surface area contributed by atoms with Gasteiger partial charge in [-0.3, -0.25) is 4.79 Å². The summed E-state index contributed by atoms with van der Waals surface area (Å²) in [6.07, 6.45) is 3.89. The van der Waals surface area contributed by atoms with E-state index in [1.54, 1.807) is 6.07 Å². The van der Waals surface area contributed by atoms with Gasteiger partial charge in [-0.25, -0.2) is 0 Å². The summed E-state index contributed by atoms with van der Waals surface area (Å²) < 4.78 is 0. The molecule has 1 aromatic rings. The van der Waals surface area contributed by atoms with E-state index in [1.807, 2.05) is 6.92 Å². The predicted molar refractivity (Wildman–Crippen MR) is 69.8 cm³/mol. The second-order valence-corrected chi connectivity index (χ2v) is 4.24. The number of phenolic OH excluding ortho intramolecular Hbond substituents is 2. The van der Waals surface area contributed by atoms with Crippen molar-refractivity contribution in [3.8, 4) is 11.5 Å². The van der Waals surface area contributed by atoms with Crippen LogP contribution in [0.2, 0.25) is 0 Å². The summed E-state index contributed by atoms with van der Waals surface area (Å²) in [4.78, 5) is 11.7. The zero-order valence-electron chi connectivity index (χ0n) is 10.3. The number of carbonyl (C=O) groups is 1. The molecule has 0 heterocycles. The lowest BCUT2D eigenvalue weighted by molar-refractivity contribution is -0.119. The smallest absolute Gasteiger partial charge is 0.189 e. The first-order chi connectivity index (χ1) is 8.36. The van der Waals surface area contributed by atoms with Gasteiger partial charge in [-0.2, -0.15) is 0 Å². The number of rotatable bonds is 5. The molecule has 6 N–H and O–H groups in total. The van der Waals surface area contributed by atoms with Crippen molar-refractivity contribution in [2.45, 2.75) is 25.4 Å². The fourth-order valence-electron chi connectivity index (χ4n) is 1.51. The fourth-order valence-corrected chi connectivity index (χ4v) is 1.51. The Balaban J connectivity index is 2.80. The molecule has 0 aliphatic rings. The van der Waals surface area contributed by atoms with Gasteiger partial charge in [0.25, 0.3) is 0 Å². The van der Waals surface area contributed by atoms with Crippen molar-refractivity contribution in [2.24, 2.45) is 11.5 Å². The monoisotopic (exact) mass is 250 g/mol. The standard InChI is InChI=1S/C13H18N2O3/c1-2-7-13(14,15)12(18)6-4-9-3-5-10(16)11(17)8-9/h3-6,8,16-17H,2,7,14-15H2,1H3/b6-4+. The van der Waals surface area contributed by atoms with Crippen molar-refractivity contribution in [3.63, 3.8) is 0 Å². The molecule has 0 radical (unpaired) electrons. The van der Waals surface area contributed by atoms with Crippen LogP contribution in [0.1, 0.15) is 25.3 Å². The molecule has 98 valence electrons. The SMILES string of the molecule is CCCC(N)(N)C(=O)/C=C/c1ccc(O)c(O)c1. The Kier molecular flexibility index (Phi) is 4.47. The Morgan fingerprint density at radius 2 is 2.00 bits per heavy atom.